The Hall–Kier alpha value is -1.96. The van der Waals surface area contributed by atoms with Crippen molar-refractivity contribution in [1.29, 1.82) is 0 Å². The van der Waals surface area contributed by atoms with Crippen LogP contribution < -0.4 is 5.73 Å². The van der Waals surface area contributed by atoms with Crippen molar-refractivity contribution in [2.24, 2.45) is 5.73 Å². The minimum absolute atomic E-state index is 0.517. The van der Waals surface area contributed by atoms with Gasteiger partial charge in [-0.15, -0.1) is 0 Å². The molecule has 8 heteroatoms. The Balaban J connectivity index is 4.70. The maximum absolute atomic E-state index is 10.8. The van der Waals surface area contributed by atoms with Crippen molar-refractivity contribution in [3.05, 3.63) is 0 Å². The van der Waals surface area contributed by atoms with Crippen molar-refractivity contribution in [3.8, 4) is 0 Å². The van der Waals surface area contributed by atoms with Crippen LogP contribution in [-0.4, -0.2) is 44.5 Å². The largest absolute Gasteiger partial charge is 0.481 e. The summed E-state index contributed by atoms with van der Waals surface area (Å²) < 4.78 is 0. The Morgan fingerprint density at radius 3 is 1.88 bits per heavy atom. The molecule has 0 aliphatic heterocycles. The van der Waals surface area contributed by atoms with Crippen molar-refractivity contribution in [3.63, 3.8) is 0 Å². The molecule has 0 aromatic carbocycles. The van der Waals surface area contributed by atoms with Crippen molar-refractivity contribution >= 4 is 23.7 Å². The van der Waals surface area contributed by atoms with Crippen LogP contribution in [0.1, 0.15) is 19.3 Å². The number of nitrogens with two attached hydrogens (primary N) is 1. The number of carboxylic acid groups (broad SMARTS) is 3. The summed E-state index contributed by atoms with van der Waals surface area (Å²) >= 11 is 0. The van der Waals surface area contributed by atoms with E-state index >= 15 is 0 Å². The smallest absolute Gasteiger partial charge is 0.372 e. The zero-order valence-corrected chi connectivity index (χ0v) is 8.17. The highest BCUT2D eigenvalue weighted by Crippen LogP contribution is 2.15. The van der Waals surface area contributed by atoms with Gasteiger partial charge in [0.25, 0.3) is 0 Å². The molecule has 90 valence electrons. The first kappa shape index (κ1) is 14.0. The summed E-state index contributed by atoms with van der Waals surface area (Å²) in [6.07, 6.45) is -2.02. The molecule has 0 aromatic rings. The molecule has 0 heterocycles. The van der Waals surface area contributed by atoms with Gasteiger partial charge in [0, 0.05) is 12.8 Å². The number of Topliss-reactive ketones (excluding diaryl/α,β-unsaturated/α-hetero) is 1. The van der Waals surface area contributed by atoms with Crippen LogP contribution in [0.15, 0.2) is 0 Å². The summed E-state index contributed by atoms with van der Waals surface area (Å²) in [5.74, 6) is -6.05. The second kappa shape index (κ2) is 5.21. The monoisotopic (exact) mass is 233 g/mol. The van der Waals surface area contributed by atoms with Crippen LogP contribution in [0.2, 0.25) is 0 Å². The lowest BCUT2D eigenvalue weighted by atomic mass is 9.89. The van der Waals surface area contributed by atoms with E-state index in [1.54, 1.807) is 0 Å². The van der Waals surface area contributed by atoms with Gasteiger partial charge in [-0.3, -0.25) is 14.4 Å². The van der Waals surface area contributed by atoms with E-state index in [-0.39, 0.29) is 0 Å². The third-order valence-electron chi connectivity index (χ3n) is 1.93. The highest BCUT2D eigenvalue weighted by molar-refractivity contribution is 6.33. The highest BCUT2D eigenvalue weighted by atomic mass is 16.4. The van der Waals surface area contributed by atoms with Crippen LogP contribution in [-0.2, 0) is 19.2 Å². The average molecular weight is 233 g/mol. The van der Waals surface area contributed by atoms with Crippen molar-refractivity contribution in [1.82, 2.24) is 0 Å². The maximum Gasteiger partial charge on any atom is 0.372 e. The third kappa shape index (κ3) is 4.05. The number of carboxylic acids is 3. The summed E-state index contributed by atoms with van der Waals surface area (Å²) in [6.45, 7) is 0. The van der Waals surface area contributed by atoms with Gasteiger partial charge in [-0.05, 0) is 6.42 Å². The first-order valence-electron chi connectivity index (χ1n) is 4.19. The summed E-state index contributed by atoms with van der Waals surface area (Å²) in [6, 6.07) is 0. The second-order valence-electron chi connectivity index (χ2n) is 3.26. The van der Waals surface area contributed by atoms with E-state index in [1.807, 2.05) is 0 Å². The van der Waals surface area contributed by atoms with Crippen LogP contribution >= 0.6 is 0 Å². The van der Waals surface area contributed by atoms with E-state index in [1.165, 1.54) is 0 Å². The maximum atomic E-state index is 10.8. The van der Waals surface area contributed by atoms with Crippen LogP contribution in [0.4, 0.5) is 0 Å². The molecule has 0 amide bonds. The highest BCUT2D eigenvalue weighted by Gasteiger charge is 2.38. The van der Waals surface area contributed by atoms with Gasteiger partial charge in [-0.2, -0.15) is 0 Å². The van der Waals surface area contributed by atoms with Gasteiger partial charge in [-0.1, -0.05) is 0 Å². The molecule has 16 heavy (non-hydrogen) atoms. The molecule has 1 atom stereocenters. The van der Waals surface area contributed by atoms with E-state index in [0.29, 0.717) is 0 Å². The Morgan fingerprint density at radius 1 is 1.06 bits per heavy atom. The molecule has 0 spiro atoms. The Kier molecular flexibility index (Phi) is 4.58. The Bertz CT molecular complexity index is 337. The molecule has 1 unspecified atom stereocenters. The molecule has 0 saturated carbocycles. The topological polar surface area (TPSA) is 155 Å². The minimum Gasteiger partial charge on any atom is -0.481 e. The zero-order valence-electron chi connectivity index (χ0n) is 8.17. The fourth-order valence-electron chi connectivity index (χ4n) is 0.963. The molecule has 0 aromatic heterocycles. The lowest BCUT2D eigenvalue weighted by Crippen LogP contribution is -2.50. The SMILES string of the molecule is NC(CCC(=O)O)(CC(=O)C(=O)O)C(=O)O. The van der Waals surface area contributed by atoms with Gasteiger partial charge in [0.05, 0.1) is 0 Å². The number of carbonyl (C=O) groups is 4. The number of ketones is 1. The molecule has 8 nitrogen and oxygen atoms in total. The first-order chi connectivity index (χ1) is 7.19. The molecule has 0 aliphatic carbocycles. The zero-order chi connectivity index (χ0) is 12.9. The average Bonchev–Trinajstić information content (AvgIpc) is 2.14. The second-order valence-corrected chi connectivity index (χ2v) is 3.26. The van der Waals surface area contributed by atoms with Gasteiger partial charge in [0.15, 0.2) is 0 Å². The lowest BCUT2D eigenvalue weighted by molar-refractivity contribution is -0.152. The molecular weight excluding hydrogens is 222 g/mol. The first-order valence-corrected chi connectivity index (χ1v) is 4.19. The van der Waals surface area contributed by atoms with Gasteiger partial charge in [0.1, 0.15) is 5.54 Å². The molecule has 5 N–H and O–H groups in total. The summed E-state index contributed by atoms with van der Waals surface area (Å²) in [7, 11) is 0. The van der Waals surface area contributed by atoms with Crippen molar-refractivity contribution in [2.45, 2.75) is 24.8 Å². The summed E-state index contributed by atoms with van der Waals surface area (Å²) in [5.41, 5.74) is 3.12. The lowest BCUT2D eigenvalue weighted by Gasteiger charge is -2.22. The number of hydrogen-bond donors (Lipinski definition) is 4. The Labute approximate surface area is 89.7 Å². The summed E-state index contributed by atoms with van der Waals surface area (Å²) in [4.78, 5) is 42.0. The van der Waals surface area contributed by atoms with Crippen LogP contribution in [0.3, 0.4) is 0 Å². The predicted molar refractivity (Wildman–Crippen MR) is 48.7 cm³/mol. The van der Waals surface area contributed by atoms with Gasteiger partial charge < -0.3 is 21.1 Å². The van der Waals surface area contributed by atoms with Crippen molar-refractivity contribution < 1.29 is 34.5 Å². The van der Waals surface area contributed by atoms with Crippen LogP contribution in [0.5, 0.6) is 0 Å². The van der Waals surface area contributed by atoms with E-state index in [2.05, 4.69) is 0 Å². The van der Waals surface area contributed by atoms with E-state index in [4.69, 9.17) is 21.1 Å². The predicted octanol–water partition coefficient (Wildman–Crippen LogP) is -1.32. The van der Waals surface area contributed by atoms with Crippen molar-refractivity contribution in [2.75, 3.05) is 0 Å². The normalized spacial score (nSPS) is 13.8. The third-order valence-corrected chi connectivity index (χ3v) is 1.93. The van der Waals surface area contributed by atoms with Gasteiger partial charge in [0.2, 0.25) is 5.78 Å². The molecule has 0 saturated heterocycles. The fourth-order valence-corrected chi connectivity index (χ4v) is 0.963. The number of carbonyl (C=O) groups excluding carboxylic acids is 1. The van der Waals surface area contributed by atoms with Gasteiger partial charge >= 0.3 is 17.9 Å². The molecule has 0 radical (unpaired) electrons. The quantitative estimate of drug-likeness (QED) is 0.394. The molecule has 0 rings (SSSR count). The van der Waals surface area contributed by atoms with E-state index in [0.717, 1.165) is 0 Å². The molecule has 0 fully saturated rings. The fraction of sp³-hybridized carbons (Fsp3) is 0.500. The minimum atomic E-state index is -2.16. The van der Waals surface area contributed by atoms with Crippen LogP contribution in [0, 0.1) is 0 Å². The molecule has 0 bridgehead atoms. The number of aliphatic carboxylic acids is 3. The standard InChI is InChI=1S/C8H11NO7/c9-8(7(15)16,2-1-5(11)12)3-4(10)6(13)14/h1-3,9H2,(H,11,12)(H,13,14)(H,15,16). The summed E-state index contributed by atoms with van der Waals surface area (Å²) in [5, 5.41) is 25.4. The van der Waals surface area contributed by atoms with E-state index < -0.39 is 48.5 Å². The molecular formula is C8H11NO7. The molecule has 0 aliphatic rings. The Morgan fingerprint density at radius 2 is 1.56 bits per heavy atom. The van der Waals surface area contributed by atoms with E-state index in [9.17, 15) is 19.2 Å². The number of rotatable bonds is 7. The van der Waals surface area contributed by atoms with Gasteiger partial charge in [-0.25, -0.2) is 4.79 Å². The van der Waals surface area contributed by atoms with Crippen LogP contribution in [0.25, 0.3) is 0 Å². The number of hydrogen-bond acceptors (Lipinski definition) is 5.